The van der Waals surface area contributed by atoms with Crippen LogP contribution < -0.4 is 9.62 Å². The minimum absolute atomic E-state index is 0.0340. The number of nitro benzene ring substituents is 1. The number of carbonyl (C=O) groups is 2. The van der Waals surface area contributed by atoms with Gasteiger partial charge in [0.25, 0.3) is 15.7 Å². The van der Waals surface area contributed by atoms with Crippen molar-refractivity contribution < 1.29 is 22.9 Å². The van der Waals surface area contributed by atoms with Crippen LogP contribution in [0.4, 0.5) is 11.4 Å². The molecule has 46 heavy (non-hydrogen) atoms. The second-order valence-electron chi connectivity index (χ2n) is 11.4. The second-order valence-corrected chi connectivity index (χ2v) is 13.3. The molecule has 0 bridgehead atoms. The van der Waals surface area contributed by atoms with Crippen LogP contribution in [0.25, 0.3) is 0 Å². The predicted octanol–water partition coefficient (Wildman–Crippen LogP) is 5.51. The van der Waals surface area contributed by atoms with Crippen LogP contribution >= 0.6 is 0 Å². The van der Waals surface area contributed by atoms with E-state index in [1.807, 2.05) is 75.4 Å². The number of sulfonamides is 1. The molecule has 0 saturated heterocycles. The number of hydrogen-bond acceptors (Lipinski definition) is 6. The van der Waals surface area contributed by atoms with E-state index in [4.69, 9.17) is 0 Å². The Morgan fingerprint density at radius 2 is 1.50 bits per heavy atom. The van der Waals surface area contributed by atoms with Crippen LogP contribution in [-0.2, 0) is 32.6 Å². The summed E-state index contributed by atoms with van der Waals surface area (Å²) < 4.78 is 29.0. The van der Waals surface area contributed by atoms with Crippen molar-refractivity contribution in [3.63, 3.8) is 0 Å². The van der Waals surface area contributed by atoms with Gasteiger partial charge in [-0.05, 0) is 47.7 Å². The summed E-state index contributed by atoms with van der Waals surface area (Å²) in [7, 11) is -4.37. The fourth-order valence-corrected chi connectivity index (χ4v) is 6.38. The molecule has 1 atom stereocenters. The molecule has 10 nitrogen and oxygen atoms in total. The maximum atomic E-state index is 14.5. The fraction of sp³-hybridized carbons (Fsp3) is 0.257. The lowest BCUT2D eigenvalue weighted by atomic mass is 10.0. The Kier molecular flexibility index (Phi) is 11.3. The van der Waals surface area contributed by atoms with E-state index in [2.05, 4.69) is 5.32 Å². The Hall–Kier alpha value is -5.03. The number of benzene rings is 4. The number of nitrogens with one attached hydrogen (secondary N) is 1. The minimum atomic E-state index is -4.37. The molecule has 0 unspecified atom stereocenters. The Balaban J connectivity index is 1.83. The standard InChI is InChI=1S/C35H38N4O6S/c1-26(2)23-36-35(41)33(21-28-14-6-4-7-15-28)37(24-29-16-11-10-13-27(29)3)34(40)25-38(30-17-12-18-31(22-30)39(42)43)46(44,45)32-19-8-5-9-20-32/h4-20,22,26,33H,21,23-25H2,1-3H3,(H,36,41)/t33-/m1/s1. The molecule has 0 fully saturated rings. The van der Waals surface area contributed by atoms with Crippen LogP contribution in [0.5, 0.6) is 0 Å². The lowest BCUT2D eigenvalue weighted by Crippen LogP contribution is -2.53. The van der Waals surface area contributed by atoms with Gasteiger partial charge >= 0.3 is 0 Å². The van der Waals surface area contributed by atoms with E-state index >= 15 is 0 Å². The van der Waals surface area contributed by atoms with Gasteiger partial charge in [-0.1, -0.05) is 92.7 Å². The monoisotopic (exact) mass is 642 g/mol. The van der Waals surface area contributed by atoms with Crippen molar-refractivity contribution in [1.82, 2.24) is 10.2 Å². The molecule has 1 N–H and O–H groups in total. The highest BCUT2D eigenvalue weighted by Gasteiger charge is 2.35. The molecule has 240 valence electrons. The van der Waals surface area contributed by atoms with Crippen molar-refractivity contribution in [2.75, 3.05) is 17.4 Å². The normalized spacial score (nSPS) is 11.9. The summed E-state index contributed by atoms with van der Waals surface area (Å²) >= 11 is 0. The second kappa shape index (κ2) is 15.3. The molecule has 4 rings (SSSR count). The minimum Gasteiger partial charge on any atom is -0.354 e. The Labute approximate surface area is 269 Å². The zero-order chi connectivity index (χ0) is 33.3. The number of carbonyl (C=O) groups excluding carboxylic acids is 2. The average Bonchev–Trinajstić information content (AvgIpc) is 3.05. The van der Waals surface area contributed by atoms with Crippen LogP contribution in [-0.4, -0.2) is 49.2 Å². The van der Waals surface area contributed by atoms with Crippen molar-refractivity contribution in [2.45, 2.75) is 44.7 Å². The largest absolute Gasteiger partial charge is 0.354 e. The van der Waals surface area contributed by atoms with Gasteiger partial charge in [0.15, 0.2) is 0 Å². The molecule has 0 aliphatic heterocycles. The summed E-state index contributed by atoms with van der Waals surface area (Å²) in [4.78, 5) is 40.7. The van der Waals surface area contributed by atoms with Gasteiger partial charge in [-0.2, -0.15) is 0 Å². The molecule has 11 heteroatoms. The maximum absolute atomic E-state index is 14.5. The van der Waals surface area contributed by atoms with Gasteiger partial charge in [-0.15, -0.1) is 0 Å². The molecule has 0 radical (unpaired) electrons. The average molecular weight is 643 g/mol. The SMILES string of the molecule is Cc1ccccc1CN(C(=O)CN(c1cccc([N+](=O)[O-])c1)S(=O)(=O)c1ccccc1)[C@H](Cc1ccccc1)C(=O)NCC(C)C. The fourth-order valence-electron chi connectivity index (χ4n) is 4.96. The van der Waals surface area contributed by atoms with Gasteiger partial charge in [0, 0.05) is 31.6 Å². The Morgan fingerprint density at radius 1 is 0.870 bits per heavy atom. The summed E-state index contributed by atoms with van der Waals surface area (Å²) in [5, 5.41) is 14.6. The van der Waals surface area contributed by atoms with E-state index in [9.17, 15) is 28.1 Å². The zero-order valence-electron chi connectivity index (χ0n) is 26.1. The predicted molar refractivity (Wildman–Crippen MR) is 178 cm³/mol. The van der Waals surface area contributed by atoms with Gasteiger partial charge < -0.3 is 10.2 Å². The topological polar surface area (TPSA) is 130 Å². The first kappa shape index (κ1) is 33.9. The van der Waals surface area contributed by atoms with E-state index in [0.717, 1.165) is 27.1 Å². The summed E-state index contributed by atoms with van der Waals surface area (Å²) in [6, 6.07) is 28.5. The van der Waals surface area contributed by atoms with Crippen LogP contribution in [0.15, 0.2) is 114 Å². The van der Waals surface area contributed by atoms with E-state index in [-0.39, 0.29) is 41.1 Å². The molecule has 0 aromatic heterocycles. The molecule has 2 amide bonds. The number of amides is 2. The zero-order valence-corrected chi connectivity index (χ0v) is 26.9. The number of anilines is 1. The quantitative estimate of drug-likeness (QED) is 0.143. The van der Waals surface area contributed by atoms with Crippen molar-refractivity contribution in [1.29, 1.82) is 0 Å². The molecule has 0 saturated carbocycles. The number of aryl methyl sites for hydroxylation is 1. The number of non-ortho nitro benzene ring substituents is 1. The Morgan fingerprint density at radius 3 is 2.13 bits per heavy atom. The van der Waals surface area contributed by atoms with Gasteiger partial charge in [0.1, 0.15) is 12.6 Å². The van der Waals surface area contributed by atoms with Crippen molar-refractivity contribution in [2.24, 2.45) is 5.92 Å². The van der Waals surface area contributed by atoms with Crippen molar-refractivity contribution in [3.8, 4) is 0 Å². The van der Waals surface area contributed by atoms with E-state index in [1.165, 1.54) is 35.2 Å². The lowest BCUT2D eigenvalue weighted by Gasteiger charge is -2.34. The van der Waals surface area contributed by atoms with Gasteiger partial charge in [-0.3, -0.25) is 24.0 Å². The molecule has 4 aromatic rings. The third-order valence-electron chi connectivity index (χ3n) is 7.50. The van der Waals surface area contributed by atoms with Crippen molar-refractivity contribution in [3.05, 3.63) is 136 Å². The van der Waals surface area contributed by atoms with Gasteiger partial charge in [-0.25, -0.2) is 8.42 Å². The van der Waals surface area contributed by atoms with Crippen LogP contribution in [0, 0.1) is 23.0 Å². The third kappa shape index (κ3) is 8.57. The van der Waals surface area contributed by atoms with Crippen LogP contribution in [0.1, 0.15) is 30.5 Å². The number of rotatable bonds is 14. The first-order chi connectivity index (χ1) is 22.0. The summed E-state index contributed by atoms with van der Waals surface area (Å²) in [5.41, 5.74) is 2.13. The third-order valence-corrected chi connectivity index (χ3v) is 9.28. The molecule has 0 aliphatic rings. The van der Waals surface area contributed by atoms with E-state index in [1.54, 1.807) is 18.2 Å². The highest BCUT2D eigenvalue weighted by Crippen LogP contribution is 2.28. The molecular formula is C35H38N4O6S. The summed E-state index contributed by atoms with van der Waals surface area (Å²) in [6.45, 7) is 5.55. The summed E-state index contributed by atoms with van der Waals surface area (Å²) in [5.74, 6) is -0.857. The number of nitro groups is 1. The maximum Gasteiger partial charge on any atom is 0.271 e. The molecule has 0 aliphatic carbocycles. The highest BCUT2D eigenvalue weighted by atomic mass is 32.2. The van der Waals surface area contributed by atoms with Crippen LogP contribution in [0.3, 0.4) is 0 Å². The first-order valence-electron chi connectivity index (χ1n) is 14.9. The van der Waals surface area contributed by atoms with E-state index in [0.29, 0.717) is 6.54 Å². The van der Waals surface area contributed by atoms with E-state index < -0.39 is 33.4 Å². The smallest absolute Gasteiger partial charge is 0.271 e. The molecular weight excluding hydrogens is 604 g/mol. The lowest BCUT2D eigenvalue weighted by molar-refractivity contribution is -0.384. The molecule has 0 heterocycles. The highest BCUT2D eigenvalue weighted by molar-refractivity contribution is 7.92. The van der Waals surface area contributed by atoms with Crippen molar-refractivity contribution >= 4 is 33.2 Å². The number of hydrogen-bond donors (Lipinski definition) is 1. The molecule has 4 aromatic carbocycles. The first-order valence-corrected chi connectivity index (χ1v) is 16.4. The van der Waals surface area contributed by atoms with Gasteiger partial charge in [0.2, 0.25) is 11.8 Å². The summed E-state index contributed by atoms with van der Waals surface area (Å²) in [6.07, 6.45) is 0.185. The van der Waals surface area contributed by atoms with Crippen LogP contribution in [0.2, 0.25) is 0 Å². The molecule has 0 spiro atoms. The number of nitrogens with zero attached hydrogens (tertiary/aromatic N) is 3. The Bertz CT molecular complexity index is 1760. The van der Waals surface area contributed by atoms with Gasteiger partial charge in [0.05, 0.1) is 15.5 Å².